The van der Waals surface area contributed by atoms with Crippen LogP contribution in [0.5, 0.6) is 0 Å². The van der Waals surface area contributed by atoms with Crippen LogP contribution >= 0.6 is 0 Å². The number of aromatic nitrogens is 4. The Kier molecular flexibility index (Phi) is 5.61. The Hall–Kier alpha value is -3.70. The molecule has 3 rings (SSSR count). The van der Waals surface area contributed by atoms with Gasteiger partial charge in [-0.3, -0.25) is 10.3 Å². The first-order valence-corrected chi connectivity index (χ1v) is 8.16. The molecule has 0 aliphatic heterocycles. The van der Waals surface area contributed by atoms with E-state index in [0.29, 0.717) is 5.82 Å². The highest BCUT2D eigenvalue weighted by Gasteiger charge is 2.38. The molecule has 3 aromatic heterocycles. The molecule has 0 saturated heterocycles. The lowest BCUT2D eigenvalue weighted by Gasteiger charge is -2.15. The highest BCUT2D eigenvalue weighted by Crippen LogP contribution is 2.29. The van der Waals surface area contributed by atoms with E-state index in [9.17, 15) is 18.0 Å². The molecule has 1 N–H and O–H groups in total. The molecular formula is C17H15F3N6O3. The number of hydrogen-bond donors (Lipinski definition) is 1. The van der Waals surface area contributed by atoms with E-state index in [1.165, 1.54) is 18.3 Å². The molecule has 0 unspecified atom stereocenters. The standard InChI is InChI=1S/C17H15F3N6O3/c1-26(2)14-10(4-3-7-21-14)9-28-16(27)23-11-5-6-12(22-8-11)13-24-15(29-25-13)17(18,19)20/h3-8H,9H2,1-2H3,(H,23,27). The van der Waals surface area contributed by atoms with Crippen LogP contribution < -0.4 is 10.2 Å². The van der Waals surface area contributed by atoms with Gasteiger partial charge in [0, 0.05) is 25.9 Å². The molecule has 0 aliphatic carbocycles. The minimum Gasteiger partial charge on any atom is -0.444 e. The van der Waals surface area contributed by atoms with Gasteiger partial charge in [0.05, 0.1) is 11.9 Å². The summed E-state index contributed by atoms with van der Waals surface area (Å²) in [6.07, 6.45) is -2.60. The molecular weight excluding hydrogens is 393 g/mol. The van der Waals surface area contributed by atoms with Crippen molar-refractivity contribution < 1.29 is 27.2 Å². The quantitative estimate of drug-likeness (QED) is 0.685. The molecule has 3 aromatic rings. The molecule has 0 aromatic carbocycles. The Balaban J connectivity index is 1.60. The fourth-order valence-electron chi connectivity index (χ4n) is 2.29. The first kappa shape index (κ1) is 20.0. The molecule has 3 heterocycles. The summed E-state index contributed by atoms with van der Waals surface area (Å²) in [5.41, 5.74) is 1.05. The van der Waals surface area contributed by atoms with Crippen molar-refractivity contribution in [1.29, 1.82) is 0 Å². The fourth-order valence-corrected chi connectivity index (χ4v) is 2.29. The van der Waals surface area contributed by atoms with Crippen LogP contribution in [0.2, 0.25) is 0 Å². The van der Waals surface area contributed by atoms with Crippen molar-refractivity contribution in [1.82, 2.24) is 20.1 Å². The summed E-state index contributed by atoms with van der Waals surface area (Å²) in [4.78, 5) is 25.1. The lowest BCUT2D eigenvalue weighted by atomic mass is 10.2. The van der Waals surface area contributed by atoms with Crippen molar-refractivity contribution in [3.05, 3.63) is 48.1 Å². The number of rotatable bonds is 5. The number of hydrogen-bond acceptors (Lipinski definition) is 8. The molecule has 0 radical (unpaired) electrons. The van der Waals surface area contributed by atoms with E-state index in [1.807, 2.05) is 14.1 Å². The summed E-state index contributed by atoms with van der Waals surface area (Å²) in [5, 5.41) is 5.71. The smallest absolute Gasteiger partial charge is 0.444 e. The second kappa shape index (κ2) is 8.12. The van der Waals surface area contributed by atoms with Gasteiger partial charge in [0.25, 0.3) is 0 Å². The molecule has 0 bridgehead atoms. The number of pyridine rings is 2. The number of carbonyl (C=O) groups excluding carboxylic acids is 1. The van der Waals surface area contributed by atoms with E-state index in [4.69, 9.17) is 4.74 Å². The van der Waals surface area contributed by atoms with Gasteiger partial charge in [-0.15, -0.1) is 0 Å². The Morgan fingerprint density at radius 1 is 1.24 bits per heavy atom. The predicted molar refractivity (Wildman–Crippen MR) is 94.9 cm³/mol. The second-order valence-corrected chi connectivity index (χ2v) is 5.93. The minimum absolute atomic E-state index is 0.00176. The number of carbonyl (C=O) groups is 1. The molecule has 0 aliphatic rings. The summed E-state index contributed by atoms with van der Waals surface area (Å²) < 4.78 is 46.8. The first-order valence-electron chi connectivity index (χ1n) is 8.16. The summed E-state index contributed by atoms with van der Waals surface area (Å²) in [6.45, 7) is 0.00176. The van der Waals surface area contributed by atoms with E-state index < -0.39 is 18.2 Å². The molecule has 29 heavy (non-hydrogen) atoms. The Morgan fingerprint density at radius 2 is 2.03 bits per heavy atom. The molecule has 0 fully saturated rings. The largest absolute Gasteiger partial charge is 0.471 e. The van der Waals surface area contributed by atoms with Gasteiger partial charge in [0.15, 0.2) is 0 Å². The van der Waals surface area contributed by atoms with E-state index in [0.717, 1.165) is 5.56 Å². The van der Waals surface area contributed by atoms with E-state index in [1.54, 1.807) is 23.2 Å². The summed E-state index contributed by atoms with van der Waals surface area (Å²) in [7, 11) is 3.64. The third-order valence-corrected chi connectivity index (χ3v) is 3.56. The van der Waals surface area contributed by atoms with E-state index in [-0.39, 0.29) is 23.8 Å². The number of nitrogens with one attached hydrogen (secondary N) is 1. The maximum absolute atomic E-state index is 12.5. The van der Waals surface area contributed by atoms with Crippen molar-refractivity contribution in [3.63, 3.8) is 0 Å². The van der Waals surface area contributed by atoms with Crippen molar-refractivity contribution >= 4 is 17.6 Å². The van der Waals surface area contributed by atoms with Crippen LogP contribution in [0.4, 0.5) is 29.5 Å². The predicted octanol–water partition coefficient (Wildman–Crippen LogP) is 3.36. The van der Waals surface area contributed by atoms with Gasteiger partial charge >= 0.3 is 18.2 Å². The maximum atomic E-state index is 12.5. The number of amides is 1. The topological polar surface area (TPSA) is 106 Å². The van der Waals surface area contributed by atoms with Gasteiger partial charge < -0.3 is 14.2 Å². The molecule has 12 heteroatoms. The average Bonchev–Trinajstić information content (AvgIpc) is 3.18. The van der Waals surface area contributed by atoms with Gasteiger partial charge in [-0.1, -0.05) is 11.2 Å². The van der Waals surface area contributed by atoms with Gasteiger partial charge in [-0.2, -0.15) is 18.2 Å². The Bertz CT molecular complexity index is 989. The van der Waals surface area contributed by atoms with Crippen molar-refractivity contribution in [2.24, 2.45) is 0 Å². The van der Waals surface area contributed by atoms with Gasteiger partial charge in [0.2, 0.25) is 5.82 Å². The van der Waals surface area contributed by atoms with Crippen LogP contribution in [0.15, 0.2) is 41.2 Å². The van der Waals surface area contributed by atoms with Crippen LogP contribution in [0.3, 0.4) is 0 Å². The zero-order valence-corrected chi connectivity index (χ0v) is 15.3. The van der Waals surface area contributed by atoms with Crippen molar-refractivity contribution in [2.75, 3.05) is 24.3 Å². The van der Waals surface area contributed by atoms with Crippen LogP contribution in [-0.4, -0.2) is 40.3 Å². The number of anilines is 2. The molecule has 9 nitrogen and oxygen atoms in total. The van der Waals surface area contributed by atoms with Crippen LogP contribution in [0.1, 0.15) is 11.5 Å². The molecule has 152 valence electrons. The van der Waals surface area contributed by atoms with Gasteiger partial charge in [-0.05, 0) is 18.2 Å². The van der Waals surface area contributed by atoms with E-state index >= 15 is 0 Å². The second-order valence-electron chi connectivity index (χ2n) is 5.93. The average molecular weight is 408 g/mol. The number of halogens is 3. The zero-order chi connectivity index (χ0) is 21.0. The normalized spacial score (nSPS) is 11.2. The fraction of sp³-hybridized carbons (Fsp3) is 0.235. The highest BCUT2D eigenvalue weighted by molar-refractivity contribution is 5.84. The molecule has 0 spiro atoms. The third-order valence-electron chi connectivity index (χ3n) is 3.56. The third kappa shape index (κ3) is 4.97. The van der Waals surface area contributed by atoms with Crippen molar-refractivity contribution in [3.8, 4) is 11.5 Å². The van der Waals surface area contributed by atoms with Crippen LogP contribution in [-0.2, 0) is 17.5 Å². The lowest BCUT2D eigenvalue weighted by molar-refractivity contribution is -0.159. The molecule has 1 amide bonds. The van der Waals surface area contributed by atoms with Gasteiger partial charge in [-0.25, -0.2) is 9.78 Å². The summed E-state index contributed by atoms with van der Waals surface area (Å²) in [6, 6.07) is 6.27. The first-order chi connectivity index (χ1) is 13.7. The Labute approximate surface area is 162 Å². The molecule has 0 atom stereocenters. The Morgan fingerprint density at radius 3 is 2.66 bits per heavy atom. The van der Waals surface area contributed by atoms with E-state index in [2.05, 4.69) is 29.9 Å². The monoisotopic (exact) mass is 408 g/mol. The van der Waals surface area contributed by atoms with Crippen LogP contribution in [0.25, 0.3) is 11.5 Å². The summed E-state index contributed by atoms with van der Waals surface area (Å²) >= 11 is 0. The number of nitrogens with zero attached hydrogens (tertiary/aromatic N) is 5. The lowest BCUT2D eigenvalue weighted by Crippen LogP contribution is -2.17. The van der Waals surface area contributed by atoms with Crippen molar-refractivity contribution in [2.45, 2.75) is 12.8 Å². The minimum atomic E-state index is -4.74. The SMILES string of the molecule is CN(C)c1ncccc1COC(=O)Nc1ccc(-c2noc(C(F)(F)F)n2)nc1. The number of alkyl halides is 3. The van der Waals surface area contributed by atoms with Crippen LogP contribution in [0, 0.1) is 0 Å². The number of ether oxygens (including phenoxy) is 1. The summed E-state index contributed by atoms with van der Waals surface area (Å²) in [5.74, 6) is -1.11. The molecule has 0 saturated carbocycles. The highest BCUT2D eigenvalue weighted by atomic mass is 19.4. The maximum Gasteiger partial charge on any atom is 0.471 e. The van der Waals surface area contributed by atoms with Gasteiger partial charge in [0.1, 0.15) is 18.1 Å². The zero-order valence-electron chi connectivity index (χ0n) is 15.3.